The molecule has 1 saturated heterocycles. The highest BCUT2D eigenvalue weighted by molar-refractivity contribution is 4.83. The van der Waals surface area contributed by atoms with Gasteiger partial charge in [-0.05, 0) is 25.8 Å². The third kappa shape index (κ3) is 2.59. The van der Waals surface area contributed by atoms with Crippen molar-refractivity contribution in [2.75, 3.05) is 13.1 Å². The molecule has 0 spiro atoms. The summed E-state index contributed by atoms with van der Waals surface area (Å²) in [5.74, 6) is 1.54. The van der Waals surface area contributed by atoms with Crippen LogP contribution in [0.15, 0.2) is 6.33 Å². The van der Waals surface area contributed by atoms with Crippen LogP contribution in [-0.4, -0.2) is 34.0 Å². The Morgan fingerprint density at radius 1 is 1.62 bits per heavy atom. The zero-order valence-electron chi connectivity index (χ0n) is 10.0. The van der Waals surface area contributed by atoms with Gasteiger partial charge < -0.3 is 10.1 Å². The van der Waals surface area contributed by atoms with E-state index in [2.05, 4.69) is 29.2 Å². The van der Waals surface area contributed by atoms with Crippen molar-refractivity contribution in [1.29, 1.82) is 0 Å². The highest BCUT2D eigenvalue weighted by atomic mass is 16.5. The van der Waals surface area contributed by atoms with Crippen LogP contribution in [0.2, 0.25) is 0 Å². The van der Waals surface area contributed by atoms with E-state index in [-0.39, 0.29) is 0 Å². The maximum Gasteiger partial charge on any atom is 0.152 e. The minimum Gasteiger partial charge on any atom is -0.369 e. The van der Waals surface area contributed by atoms with Crippen molar-refractivity contribution in [1.82, 2.24) is 20.1 Å². The van der Waals surface area contributed by atoms with Gasteiger partial charge in [0.15, 0.2) is 5.82 Å². The van der Waals surface area contributed by atoms with Crippen molar-refractivity contribution in [3.8, 4) is 0 Å². The summed E-state index contributed by atoms with van der Waals surface area (Å²) in [6, 6.07) is 0. The van der Waals surface area contributed by atoms with Gasteiger partial charge in [0, 0.05) is 13.1 Å². The lowest BCUT2D eigenvalue weighted by molar-refractivity contribution is -0.0108. The molecule has 2 atom stereocenters. The van der Waals surface area contributed by atoms with E-state index in [0.717, 1.165) is 25.5 Å². The molecule has 0 radical (unpaired) electrons. The van der Waals surface area contributed by atoms with E-state index in [4.69, 9.17) is 4.74 Å². The Morgan fingerprint density at radius 2 is 2.50 bits per heavy atom. The van der Waals surface area contributed by atoms with Crippen molar-refractivity contribution < 1.29 is 4.74 Å². The summed E-state index contributed by atoms with van der Waals surface area (Å²) in [7, 11) is 0. The normalized spacial score (nSPS) is 25.9. The van der Waals surface area contributed by atoms with Crippen molar-refractivity contribution >= 4 is 0 Å². The quantitative estimate of drug-likeness (QED) is 0.822. The topological polar surface area (TPSA) is 52.0 Å². The molecule has 1 aromatic heterocycles. The lowest BCUT2D eigenvalue weighted by atomic mass is 9.97. The van der Waals surface area contributed by atoms with Gasteiger partial charge in [0.2, 0.25) is 0 Å². The van der Waals surface area contributed by atoms with E-state index in [0.29, 0.717) is 18.6 Å². The van der Waals surface area contributed by atoms with Gasteiger partial charge in [-0.2, -0.15) is 5.10 Å². The molecule has 2 rings (SSSR count). The fraction of sp³-hybridized carbons (Fsp3) is 0.818. The van der Waals surface area contributed by atoms with Crippen molar-refractivity contribution in [2.45, 2.75) is 39.5 Å². The Balaban J connectivity index is 1.86. The molecule has 0 bridgehead atoms. The molecule has 0 saturated carbocycles. The fourth-order valence-electron chi connectivity index (χ4n) is 2.03. The SMILES string of the molecule is CCn1ncnc1COC1CNCCC1C. The number of nitrogens with one attached hydrogen (secondary N) is 1. The van der Waals surface area contributed by atoms with Crippen LogP contribution >= 0.6 is 0 Å². The third-order valence-electron chi connectivity index (χ3n) is 3.18. The summed E-state index contributed by atoms with van der Waals surface area (Å²) >= 11 is 0. The maximum absolute atomic E-state index is 5.90. The summed E-state index contributed by atoms with van der Waals surface area (Å²) < 4.78 is 7.77. The Kier molecular flexibility index (Phi) is 3.90. The number of hydrogen-bond acceptors (Lipinski definition) is 4. The molecule has 5 heteroatoms. The number of rotatable bonds is 4. The van der Waals surface area contributed by atoms with Crippen molar-refractivity contribution in [3.05, 3.63) is 12.2 Å². The smallest absolute Gasteiger partial charge is 0.152 e. The molecule has 0 aliphatic carbocycles. The monoisotopic (exact) mass is 224 g/mol. The van der Waals surface area contributed by atoms with Gasteiger partial charge in [0.05, 0.1) is 6.10 Å². The first kappa shape index (κ1) is 11.5. The van der Waals surface area contributed by atoms with E-state index in [1.165, 1.54) is 6.42 Å². The van der Waals surface area contributed by atoms with Crippen LogP contribution in [0.25, 0.3) is 0 Å². The predicted molar refractivity (Wildman–Crippen MR) is 60.9 cm³/mol. The van der Waals surface area contributed by atoms with E-state index < -0.39 is 0 Å². The Hall–Kier alpha value is -0.940. The molecule has 1 N–H and O–H groups in total. The number of aryl methyl sites for hydroxylation is 1. The van der Waals surface area contributed by atoms with Crippen LogP contribution < -0.4 is 5.32 Å². The van der Waals surface area contributed by atoms with Crippen LogP contribution in [0, 0.1) is 5.92 Å². The predicted octanol–water partition coefficient (Wildman–Crippen LogP) is 0.813. The molecular formula is C11H20N4O. The van der Waals surface area contributed by atoms with Gasteiger partial charge in [-0.1, -0.05) is 6.92 Å². The number of aromatic nitrogens is 3. The first-order valence-electron chi connectivity index (χ1n) is 6.00. The summed E-state index contributed by atoms with van der Waals surface area (Å²) in [5, 5.41) is 7.48. The minimum absolute atomic E-state index is 0.302. The number of ether oxygens (including phenoxy) is 1. The third-order valence-corrected chi connectivity index (χ3v) is 3.18. The second-order valence-electron chi connectivity index (χ2n) is 4.31. The molecule has 0 amide bonds. The molecule has 1 aromatic rings. The average Bonchev–Trinajstić information content (AvgIpc) is 2.75. The average molecular weight is 224 g/mol. The summed E-state index contributed by atoms with van der Waals surface area (Å²) in [6.45, 7) is 7.76. The molecule has 5 nitrogen and oxygen atoms in total. The van der Waals surface area contributed by atoms with E-state index in [1.54, 1.807) is 6.33 Å². The summed E-state index contributed by atoms with van der Waals surface area (Å²) in [5.41, 5.74) is 0. The molecule has 1 fully saturated rings. The first-order valence-corrected chi connectivity index (χ1v) is 6.00. The molecule has 16 heavy (non-hydrogen) atoms. The first-order chi connectivity index (χ1) is 7.81. The van der Waals surface area contributed by atoms with Crippen molar-refractivity contribution in [2.24, 2.45) is 5.92 Å². The molecular weight excluding hydrogens is 204 g/mol. The zero-order chi connectivity index (χ0) is 11.4. The van der Waals surface area contributed by atoms with E-state index in [9.17, 15) is 0 Å². The molecule has 1 aliphatic heterocycles. The van der Waals surface area contributed by atoms with Crippen molar-refractivity contribution in [3.63, 3.8) is 0 Å². The molecule has 90 valence electrons. The highest BCUT2D eigenvalue weighted by Crippen LogP contribution is 2.15. The number of hydrogen-bond donors (Lipinski definition) is 1. The second-order valence-corrected chi connectivity index (χ2v) is 4.31. The molecule has 2 heterocycles. The Bertz CT molecular complexity index is 326. The van der Waals surface area contributed by atoms with E-state index in [1.807, 2.05) is 4.68 Å². The van der Waals surface area contributed by atoms with Crippen LogP contribution in [0.5, 0.6) is 0 Å². The van der Waals surface area contributed by atoms with Gasteiger partial charge in [0.25, 0.3) is 0 Å². The van der Waals surface area contributed by atoms with Crippen LogP contribution in [0.4, 0.5) is 0 Å². The lowest BCUT2D eigenvalue weighted by Crippen LogP contribution is -2.41. The zero-order valence-corrected chi connectivity index (χ0v) is 10.0. The van der Waals surface area contributed by atoms with Gasteiger partial charge in [-0.25, -0.2) is 9.67 Å². The Morgan fingerprint density at radius 3 is 3.25 bits per heavy atom. The molecule has 0 aromatic carbocycles. The highest BCUT2D eigenvalue weighted by Gasteiger charge is 2.22. The number of nitrogens with zero attached hydrogens (tertiary/aromatic N) is 3. The van der Waals surface area contributed by atoms with Gasteiger partial charge in [-0.15, -0.1) is 0 Å². The van der Waals surface area contributed by atoms with Gasteiger partial charge in [-0.3, -0.25) is 0 Å². The number of piperidine rings is 1. The molecule has 1 aliphatic rings. The standard InChI is InChI=1S/C11H20N4O/c1-3-15-11(13-8-14-15)7-16-10-6-12-5-4-9(10)2/h8-10,12H,3-7H2,1-2H3. The summed E-state index contributed by atoms with van der Waals surface area (Å²) in [4.78, 5) is 4.20. The van der Waals surface area contributed by atoms with Crippen LogP contribution in [0.1, 0.15) is 26.1 Å². The van der Waals surface area contributed by atoms with E-state index >= 15 is 0 Å². The second kappa shape index (κ2) is 5.41. The van der Waals surface area contributed by atoms with Crippen LogP contribution in [-0.2, 0) is 17.9 Å². The lowest BCUT2D eigenvalue weighted by Gasteiger charge is -2.29. The largest absolute Gasteiger partial charge is 0.369 e. The minimum atomic E-state index is 0.302. The summed E-state index contributed by atoms with van der Waals surface area (Å²) in [6.07, 6.45) is 3.08. The maximum atomic E-state index is 5.90. The van der Waals surface area contributed by atoms with Gasteiger partial charge in [0.1, 0.15) is 12.9 Å². The molecule has 2 unspecified atom stereocenters. The van der Waals surface area contributed by atoms with Crippen LogP contribution in [0.3, 0.4) is 0 Å². The van der Waals surface area contributed by atoms with Gasteiger partial charge >= 0.3 is 0 Å². The fourth-order valence-corrected chi connectivity index (χ4v) is 2.03. The Labute approximate surface area is 96.2 Å².